The van der Waals surface area contributed by atoms with Gasteiger partial charge in [0.1, 0.15) is 5.75 Å². The molecule has 0 radical (unpaired) electrons. The van der Waals surface area contributed by atoms with Gasteiger partial charge < -0.3 is 4.74 Å². The second-order valence-corrected chi connectivity index (χ2v) is 5.09. The SMILES string of the molecule is COc1ccc(Br)c(CC(CCCCl)NN)c1. The zero-order chi connectivity index (χ0) is 12.7. The minimum absolute atomic E-state index is 0.233. The molecule has 3 nitrogen and oxygen atoms in total. The van der Waals surface area contributed by atoms with Crippen LogP contribution in [0.1, 0.15) is 18.4 Å². The average Bonchev–Trinajstić information content (AvgIpc) is 2.36. The third-order valence-corrected chi connectivity index (χ3v) is 3.68. The van der Waals surface area contributed by atoms with Crippen LogP contribution in [0.3, 0.4) is 0 Å². The Morgan fingerprint density at radius 1 is 1.53 bits per heavy atom. The molecule has 0 saturated carbocycles. The molecule has 0 amide bonds. The second kappa shape index (κ2) is 7.93. The molecule has 0 aromatic heterocycles. The maximum Gasteiger partial charge on any atom is 0.119 e. The lowest BCUT2D eigenvalue weighted by Gasteiger charge is -2.16. The molecule has 0 aliphatic rings. The Hall–Kier alpha value is -0.290. The number of nitrogens with one attached hydrogen (secondary N) is 1. The molecule has 17 heavy (non-hydrogen) atoms. The molecule has 1 rings (SSSR count). The first kappa shape index (κ1) is 14.8. The largest absolute Gasteiger partial charge is 0.497 e. The van der Waals surface area contributed by atoms with Crippen LogP contribution >= 0.6 is 27.5 Å². The van der Waals surface area contributed by atoms with Crippen LogP contribution in [0.4, 0.5) is 0 Å². The van der Waals surface area contributed by atoms with Crippen LogP contribution in [0.5, 0.6) is 5.75 Å². The lowest BCUT2D eigenvalue weighted by atomic mass is 10.0. The number of alkyl halides is 1. The number of hydrogen-bond acceptors (Lipinski definition) is 3. The molecule has 5 heteroatoms. The summed E-state index contributed by atoms with van der Waals surface area (Å²) in [6.07, 6.45) is 2.77. The van der Waals surface area contributed by atoms with Gasteiger partial charge in [-0.15, -0.1) is 11.6 Å². The maximum absolute atomic E-state index is 5.69. The fourth-order valence-corrected chi connectivity index (χ4v) is 2.23. The zero-order valence-corrected chi connectivity index (χ0v) is 12.2. The summed E-state index contributed by atoms with van der Waals surface area (Å²) < 4.78 is 6.29. The predicted octanol–water partition coefficient (Wildman–Crippen LogP) is 2.85. The molecule has 0 aliphatic heterocycles. The molecule has 3 N–H and O–H groups in total. The summed E-state index contributed by atoms with van der Waals surface area (Å²) >= 11 is 9.22. The van der Waals surface area contributed by atoms with Gasteiger partial charge in [-0.3, -0.25) is 11.3 Å². The van der Waals surface area contributed by atoms with E-state index in [-0.39, 0.29) is 6.04 Å². The highest BCUT2D eigenvalue weighted by atomic mass is 79.9. The van der Waals surface area contributed by atoms with Gasteiger partial charge in [-0.1, -0.05) is 15.9 Å². The first-order chi connectivity index (χ1) is 8.21. The molecule has 1 aromatic carbocycles. The number of ether oxygens (including phenoxy) is 1. The predicted molar refractivity (Wildman–Crippen MR) is 75.5 cm³/mol. The Bertz CT molecular complexity index is 349. The lowest BCUT2D eigenvalue weighted by Crippen LogP contribution is -2.36. The summed E-state index contributed by atoms with van der Waals surface area (Å²) in [6.45, 7) is 0. The van der Waals surface area contributed by atoms with Crippen LogP contribution in [0.2, 0.25) is 0 Å². The standard InChI is InChI=1S/C12H18BrClN2O/c1-17-11-4-5-12(13)9(8-11)7-10(16-15)3-2-6-14/h4-5,8,10,16H,2-3,6-7,15H2,1H3. The van der Waals surface area contributed by atoms with Crippen molar-refractivity contribution in [3.8, 4) is 5.75 Å². The molecule has 0 saturated heterocycles. The summed E-state index contributed by atoms with van der Waals surface area (Å²) in [5, 5.41) is 0. The van der Waals surface area contributed by atoms with Crippen LogP contribution in [0.25, 0.3) is 0 Å². The van der Waals surface area contributed by atoms with E-state index in [0.717, 1.165) is 29.5 Å². The summed E-state index contributed by atoms with van der Waals surface area (Å²) in [4.78, 5) is 0. The quantitative estimate of drug-likeness (QED) is 0.461. The Labute approximate surface area is 116 Å². The Balaban J connectivity index is 2.70. The van der Waals surface area contributed by atoms with Gasteiger partial charge in [0.25, 0.3) is 0 Å². The molecule has 96 valence electrons. The van der Waals surface area contributed by atoms with Crippen LogP contribution in [0.15, 0.2) is 22.7 Å². The summed E-state index contributed by atoms with van der Waals surface area (Å²) in [5.74, 6) is 7.06. The molecular weight excluding hydrogens is 304 g/mol. The first-order valence-electron chi connectivity index (χ1n) is 5.55. The van der Waals surface area contributed by atoms with Crippen molar-refractivity contribution in [2.45, 2.75) is 25.3 Å². The minimum atomic E-state index is 0.233. The van der Waals surface area contributed by atoms with Crippen LogP contribution in [0, 0.1) is 0 Å². The summed E-state index contributed by atoms with van der Waals surface area (Å²) in [5.41, 5.74) is 4.01. The molecule has 1 aromatic rings. The fraction of sp³-hybridized carbons (Fsp3) is 0.500. The van der Waals surface area contributed by atoms with Gasteiger partial charge in [0.15, 0.2) is 0 Å². The molecule has 0 bridgehead atoms. The topological polar surface area (TPSA) is 47.3 Å². The number of benzene rings is 1. The molecule has 0 aliphatic carbocycles. The van der Waals surface area contributed by atoms with Crippen molar-refractivity contribution in [3.05, 3.63) is 28.2 Å². The highest BCUT2D eigenvalue weighted by molar-refractivity contribution is 9.10. The summed E-state index contributed by atoms with van der Waals surface area (Å²) in [7, 11) is 1.67. The monoisotopic (exact) mass is 320 g/mol. The highest BCUT2D eigenvalue weighted by Crippen LogP contribution is 2.24. The average molecular weight is 322 g/mol. The molecule has 1 unspecified atom stereocenters. The number of hydrazine groups is 1. The number of methoxy groups -OCH3 is 1. The fourth-order valence-electron chi connectivity index (χ4n) is 1.67. The molecule has 0 heterocycles. The smallest absolute Gasteiger partial charge is 0.119 e. The van der Waals surface area contributed by atoms with E-state index in [9.17, 15) is 0 Å². The number of nitrogens with two attached hydrogens (primary N) is 1. The Morgan fingerprint density at radius 3 is 2.88 bits per heavy atom. The van der Waals surface area contributed by atoms with Crippen molar-refractivity contribution in [1.29, 1.82) is 0 Å². The van der Waals surface area contributed by atoms with Gasteiger partial charge in [0.05, 0.1) is 7.11 Å². The van der Waals surface area contributed by atoms with Crippen molar-refractivity contribution < 1.29 is 4.74 Å². The van der Waals surface area contributed by atoms with Crippen molar-refractivity contribution in [3.63, 3.8) is 0 Å². The van der Waals surface area contributed by atoms with E-state index >= 15 is 0 Å². The molecule has 0 fully saturated rings. The van der Waals surface area contributed by atoms with Crippen molar-refractivity contribution >= 4 is 27.5 Å². The molecule has 1 atom stereocenters. The molecular formula is C12H18BrClN2O. The Kier molecular flexibility index (Phi) is 6.89. The zero-order valence-electron chi connectivity index (χ0n) is 9.88. The number of halogens is 2. The van der Waals surface area contributed by atoms with Crippen molar-refractivity contribution in [2.75, 3.05) is 13.0 Å². The van der Waals surface area contributed by atoms with E-state index < -0.39 is 0 Å². The molecule has 0 spiro atoms. The number of rotatable bonds is 7. The normalized spacial score (nSPS) is 12.5. The highest BCUT2D eigenvalue weighted by Gasteiger charge is 2.10. The maximum atomic E-state index is 5.69. The van der Waals surface area contributed by atoms with Crippen LogP contribution in [-0.2, 0) is 6.42 Å². The first-order valence-corrected chi connectivity index (χ1v) is 6.88. The van der Waals surface area contributed by atoms with Gasteiger partial charge >= 0.3 is 0 Å². The van der Waals surface area contributed by atoms with Gasteiger partial charge in [-0.25, -0.2) is 0 Å². The third-order valence-electron chi connectivity index (χ3n) is 2.64. The van der Waals surface area contributed by atoms with Gasteiger partial charge in [0.2, 0.25) is 0 Å². The van der Waals surface area contributed by atoms with Gasteiger partial charge in [-0.05, 0) is 43.0 Å². The van der Waals surface area contributed by atoms with E-state index in [2.05, 4.69) is 21.4 Å². The van der Waals surface area contributed by atoms with Crippen molar-refractivity contribution in [1.82, 2.24) is 5.43 Å². The van der Waals surface area contributed by atoms with Gasteiger partial charge in [0, 0.05) is 16.4 Å². The minimum Gasteiger partial charge on any atom is -0.497 e. The van der Waals surface area contributed by atoms with E-state index in [1.165, 1.54) is 5.56 Å². The van der Waals surface area contributed by atoms with E-state index in [0.29, 0.717) is 5.88 Å². The van der Waals surface area contributed by atoms with E-state index in [4.69, 9.17) is 22.2 Å². The number of hydrogen-bond donors (Lipinski definition) is 2. The Morgan fingerprint density at radius 2 is 2.29 bits per heavy atom. The van der Waals surface area contributed by atoms with Crippen molar-refractivity contribution in [2.24, 2.45) is 5.84 Å². The van der Waals surface area contributed by atoms with E-state index in [1.54, 1.807) is 7.11 Å². The van der Waals surface area contributed by atoms with E-state index in [1.807, 2.05) is 18.2 Å². The lowest BCUT2D eigenvalue weighted by molar-refractivity contribution is 0.413. The summed E-state index contributed by atoms with van der Waals surface area (Å²) in [6, 6.07) is 6.17. The van der Waals surface area contributed by atoms with Crippen LogP contribution in [-0.4, -0.2) is 19.0 Å². The van der Waals surface area contributed by atoms with Crippen LogP contribution < -0.4 is 16.0 Å². The van der Waals surface area contributed by atoms with Gasteiger partial charge in [-0.2, -0.15) is 0 Å². The second-order valence-electron chi connectivity index (χ2n) is 3.86. The third kappa shape index (κ3) is 4.84.